The van der Waals surface area contributed by atoms with Crippen molar-refractivity contribution in [3.05, 3.63) is 53.6 Å². The maximum atomic E-state index is 12.6. The number of carbonyl (C=O) groups excluding carboxylic acids is 1. The van der Waals surface area contributed by atoms with E-state index >= 15 is 0 Å². The molecule has 5 heteroatoms. The smallest absolute Gasteiger partial charge is 0.255 e. The third-order valence-electron chi connectivity index (χ3n) is 3.73. The van der Waals surface area contributed by atoms with Crippen molar-refractivity contribution in [3.63, 3.8) is 0 Å². The Labute approximate surface area is 147 Å². The molecule has 1 amide bonds. The summed E-state index contributed by atoms with van der Waals surface area (Å²) in [5.74, 6) is 1.86. The Kier molecular flexibility index (Phi) is 5.23. The van der Waals surface area contributed by atoms with Gasteiger partial charge in [0.2, 0.25) is 0 Å². The first-order valence-corrected chi connectivity index (χ1v) is 8.34. The third-order valence-corrected chi connectivity index (χ3v) is 3.73. The second kappa shape index (κ2) is 7.75. The zero-order valence-corrected chi connectivity index (χ0v) is 14.4. The van der Waals surface area contributed by atoms with Gasteiger partial charge in [-0.25, -0.2) is 0 Å². The molecule has 2 aromatic rings. The van der Waals surface area contributed by atoms with Gasteiger partial charge in [0.05, 0.1) is 24.5 Å². The predicted octanol–water partition coefficient (Wildman–Crippen LogP) is 3.90. The van der Waals surface area contributed by atoms with Crippen molar-refractivity contribution >= 4 is 17.7 Å². The number of amides is 1. The Balaban J connectivity index is 1.83. The van der Waals surface area contributed by atoms with Gasteiger partial charge >= 0.3 is 0 Å². The summed E-state index contributed by atoms with van der Waals surface area (Å²) < 4.78 is 16.8. The number of carbonyl (C=O) groups is 1. The average molecular weight is 339 g/mol. The Hall–Kier alpha value is -2.95. The van der Waals surface area contributed by atoms with Crippen LogP contribution in [0, 0.1) is 0 Å². The molecule has 2 aromatic carbocycles. The molecule has 1 heterocycles. The van der Waals surface area contributed by atoms with Crippen LogP contribution in [0.2, 0.25) is 0 Å². The number of hydrogen-bond donors (Lipinski definition) is 1. The highest BCUT2D eigenvalue weighted by Gasteiger charge is 2.18. The van der Waals surface area contributed by atoms with Crippen LogP contribution >= 0.6 is 0 Å². The second-order valence-corrected chi connectivity index (χ2v) is 5.47. The Morgan fingerprint density at radius 1 is 1.12 bits per heavy atom. The summed E-state index contributed by atoms with van der Waals surface area (Å²) in [4.78, 5) is 12.6. The highest BCUT2D eigenvalue weighted by Crippen LogP contribution is 2.31. The van der Waals surface area contributed by atoms with Crippen LogP contribution in [0.1, 0.15) is 19.4 Å². The summed E-state index contributed by atoms with van der Waals surface area (Å²) in [6, 6.07) is 13.0. The van der Waals surface area contributed by atoms with E-state index in [1.54, 1.807) is 12.1 Å². The van der Waals surface area contributed by atoms with Crippen LogP contribution in [0.4, 0.5) is 5.69 Å². The first-order valence-electron chi connectivity index (χ1n) is 8.34. The quantitative estimate of drug-likeness (QED) is 0.867. The summed E-state index contributed by atoms with van der Waals surface area (Å²) in [5, 5.41) is 2.90. The van der Waals surface area contributed by atoms with Crippen LogP contribution in [0.25, 0.3) is 6.08 Å². The van der Waals surface area contributed by atoms with Gasteiger partial charge in [-0.1, -0.05) is 18.2 Å². The summed E-state index contributed by atoms with van der Waals surface area (Å²) in [6.45, 7) is 5.11. The van der Waals surface area contributed by atoms with Crippen LogP contribution in [0.3, 0.4) is 0 Å². The normalized spacial score (nSPS) is 12.5. The lowest BCUT2D eigenvalue weighted by atomic mass is 10.1. The first-order chi connectivity index (χ1) is 12.2. The molecule has 0 saturated carbocycles. The maximum Gasteiger partial charge on any atom is 0.255 e. The number of fused-ring (bicyclic) bond motifs is 1. The molecule has 130 valence electrons. The van der Waals surface area contributed by atoms with E-state index in [4.69, 9.17) is 14.2 Å². The Morgan fingerprint density at radius 3 is 2.72 bits per heavy atom. The van der Waals surface area contributed by atoms with E-state index < -0.39 is 0 Å². The van der Waals surface area contributed by atoms with Crippen molar-refractivity contribution < 1.29 is 19.0 Å². The summed E-state index contributed by atoms with van der Waals surface area (Å²) in [6.07, 6.45) is 1.85. The number of nitrogens with one attached hydrogen (secondary N) is 1. The molecule has 0 aromatic heterocycles. The van der Waals surface area contributed by atoms with E-state index in [1.807, 2.05) is 50.3 Å². The van der Waals surface area contributed by atoms with Gasteiger partial charge in [-0.3, -0.25) is 4.79 Å². The molecule has 0 fully saturated rings. The van der Waals surface area contributed by atoms with E-state index in [-0.39, 0.29) is 12.5 Å². The van der Waals surface area contributed by atoms with Crippen molar-refractivity contribution in [2.75, 3.05) is 25.1 Å². The zero-order valence-electron chi connectivity index (χ0n) is 14.4. The fraction of sp³-hybridized carbons (Fsp3) is 0.250. The number of rotatable bonds is 6. The minimum atomic E-state index is -0.218. The second-order valence-electron chi connectivity index (χ2n) is 5.47. The molecular weight excluding hydrogens is 318 g/mol. The molecule has 0 bridgehead atoms. The van der Waals surface area contributed by atoms with Crippen LogP contribution in [0.5, 0.6) is 17.2 Å². The van der Waals surface area contributed by atoms with Gasteiger partial charge in [0.1, 0.15) is 23.9 Å². The summed E-state index contributed by atoms with van der Waals surface area (Å²) in [7, 11) is 0. The van der Waals surface area contributed by atoms with E-state index in [1.165, 1.54) is 0 Å². The molecule has 0 saturated heterocycles. The Bertz CT molecular complexity index is 798. The van der Waals surface area contributed by atoms with Crippen LogP contribution in [0.15, 0.2) is 48.0 Å². The zero-order chi connectivity index (χ0) is 17.6. The molecule has 0 atom stereocenters. The molecule has 0 unspecified atom stereocenters. The largest absolute Gasteiger partial charge is 0.494 e. The number of ether oxygens (including phenoxy) is 3. The summed E-state index contributed by atoms with van der Waals surface area (Å²) in [5.41, 5.74) is 2.03. The van der Waals surface area contributed by atoms with Gasteiger partial charge in [-0.2, -0.15) is 0 Å². The van der Waals surface area contributed by atoms with Crippen LogP contribution < -0.4 is 19.5 Å². The number of para-hydroxylation sites is 1. The van der Waals surface area contributed by atoms with Crippen molar-refractivity contribution in [1.82, 2.24) is 0 Å². The van der Waals surface area contributed by atoms with Crippen molar-refractivity contribution in [2.24, 2.45) is 0 Å². The summed E-state index contributed by atoms with van der Waals surface area (Å²) >= 11 is 0. The van der Waals surface area contributed by atoms with Crippen molar-refractivity contribution in [1.29, 1.82) is 0 Å². The maximum absolute atomic E-state index is 12.6. The minimum absolute atomic E-state index is 0.218. The fourth-order valence-electron chi connectivity index (χ4n) is 2.59. The molecule has 0 radical (unpaired) electrons. The number of benzene rings is 2. The Morgan fingerprint density at radius 2 is 1.92 bits per heavy atom. The lowest BCUT2D eigenvalue weighted by Crippen LogP contribution is -2.21. The molecule has 1 N–H and O–H groups in total. The predicted molar refractivity (Wildman–Crippen MR) is 97.3 cm³/mol. The molecule has 3 rings (SSSR count). The molecule has 1 aliphatic rings. The van der Waals surface area contributed by atoms with E-state index in [0.717, 1.165) is 11.3 Å². The lowest BCUT2D eigenvalue weighted by molar-refractivity contribution is -0.113. The molecule has 5 nitrogen and oxygen atoms in total. The minimum Gasteiger partial charge on any atom is -0.494 e. The highest BCUT2D eigenvalue weighted by molar-refractivity contribution is 6.08. The van der Waals surface area contributed by atoms with Crippen LogP contribution in [-0.2, 0) is 4.79 Å². The standard InChI is InChI=1S/C20H21NO4/c1-3-23-16-9-10-19(24-4-2)17(12-16)21-20(22)15-11-14-7-5-6-8-18(14)25-13-15/h5-12H,3-4,13H2,1-2H3,(H,21,22). The van der Waals surface area contributed by atoms with Gasteiger partial charge in [0.25, 0.3) is 5.91 Å². The molecule has 0 aliphatic carbocycles. The molecule has 0 spiro atoms. The van der Waals surface area contributed by atoms with Gasteiger partial charge in [0.15, 0.2) is 0 Å². The van der Waals surface area contributed by atoms with Gasteiger partial charge < -0.3 is 19.5 Å². The third kappa shape index (κ3) is 3.94. The van der Waals surface area contributed by atoms with Crippen molar-refractivity contribution in [3.8, 4) is 17.2 Å². The highest BCUT2D eigenvalue weighted by atomic mass is 16.5. The molecule has 25 heavy (non-hydrogen) atoms. The van der Waals surface area contributed by atoms with E-state index in [2.05, 4.69) is 5.32 Å². The van der Waals surface area contributed by atoms with Gasteiger partial charge in [-0.05, 0) is 38.1 Å². The van der Waals surface area contributed by atoms with Gasteiger partial charge in [-0.15, -0.1) is 0 Å². The average Bonchev–Trinajstić information content (AvgIpc) is 2.64. The van der Waals surface area contributed by atoms with Gasteiger partial charge in [0, 0.05) is 11.6 Å². The SMILES string of the molecule is CCOc1ccc(OCC)c(NC(=O)C2=Cc3ccccc3OC2)c1. The van der Waals surface area contributed by atoms with E-state index in [0.29, 0.717) is 36.0 Å². The molecule has 1 aliphatic heterocycles. The van der Waals surface area contributed by atoms with Crippen LogP contribution in [-0.4, -0.2) is 25.7 Å². The molecular formula is C20H21NO4. The first kappa shape index (κ1) is 16.9. The topological polar surface area (TPSA) is 56.8 Å². The lowest BCUT2D eigenvalue weighted by Gasteiger charge is -2.18. The van der Waals surface area contributed by atoms with Crippen molar-refractivity contribution in [2.45, 2.75) is 13.8 Å². The fourth-order valence-corrected chi connectivity index (χ4v) is 2.59. The monoisotopic (exact) mass is 339 g/mol. The van der Waals surface area contributed by atoms with E-state index in [9.17, 15) is 4.79 Å². The number of anilines is 1. The number of hydrogen-bond acceptors (Lipinski definition) is 4.